The van der Waals surface area contributed by atoms with Crippen LogP contribution < -0.4 is 0 Å². The monoisotopic (exact) mass is 879 g/mol. The quantitative estimate of drug-likeness (QED) is 0.118. The smallest absolute Gasteiger partial charge is 0.305 e. The van der Waals surface area contributed by atoms with Crippen LogP contribution in [0.25, 0.3) is 0 Å². The van der Waals surface area contributed by atoms with Crippen LogP contribution in [0.1, 0.15) is 157 Å². The summed E-state index contributed by atoms with van der Waals surface area (Å²) in [7, 11) is 3.13. The first-order valence-electron chi connectivity index (χ1n) is 24.9. The second-order valence-corrected chi connectivity index (χ2v) is 23.6. The highest BCUT2D eigenvalue weighted by Crippen LogP contribution is 2.70. The highest BCUT2D eigenvalue weighted by Gasteiger charge is 2.66. The lowest BCUT2D eigenvalue weighted by molar-refractivity contribution is -0.215. The number of ether oxygens (including phenoxy) is 3. The Morgan fingerprint density at radius 2 is 1.08 bits per heavy atom. The Labute approximate surface area is 371 Å². The van der Waals surface area contributed by atoms with Gasteiger partial charge in [0.05, 0.1) is 31.5 Å². The standard InChI is InChI=1S/C27H45FO5.C24H39FO4/c1-16(6-9-24(30)32-5)18-7-8-19-25-20(10-11-26(18,19)2)27(3)14-21(28)22(29)12-17(27)13-23(25)33-15-31-4;1-13(4-7-21(28)29)15-5-6-16-22-17(8-9-23(15,16)2)24(3)12-18(25)19(26)10-14(24)11-20(22)27/h16-23,25,29H,6-15H2,1-5H3;13-20,22,26-27H,4-12H2,1-3H3,(H,28,29)/t16-,17+,18-,19?,20?,21+,22+,23-,25?,26-,27+;13-,14+,15-,16?,17?,18+,19+,20-,22?,23-,24+/m11/s1. The van der Waals surface area contributed by atoms with E-state index in [1.807, 2.05) is 0 Å². The Bertz CT molecular complexity index is 1570. The molecule has 0 aromatic carbocycles. The van der Waals surface area contributed by atoms with Crippen LogP contribution in [-0.4, -0.2) is 90.1 Å². The number of carboxylic acids is 1. The maximum Gasteiger partial charge on any atom is 0.305 e. The van der Waals surface area contributed by atoms with Crippen LogP contribution in [-0.2, 0) is 23.8 Å². The van der Waals surface area contributed by atoms with Crippen molar-refractivity contribution in [3.8, 4) is 0 Å². The van der Waals surface area contributed by atoms with Crippen LogP contribution in [0.4, 0.5) is 8.78 Å². The number of carboxylic acid groups (broad SMARTS) is 1. The van der Waals surface area contributed by atoms with Gasteiger partial charge in [-0.1, -0.05) is 41.5 Å². The summed E-state index contributed by atoms with van der Waals surface area (Å²) in [6.07, 6.45) is 10.5. The van der Waals surface area contributed by atoms with E-state index in [9.17, 15) is 33.7 Å². The summed E-state index contributed by atoms with van der Waals surface area (Å²) in [4.78, 5) is 22.8. The van der Waals surface area contributed by atoms with Crippen molar-refractivity contribution in [2.45, 2.75) is 194 Å². The molecule has 22 atom stereocenters. The van der Waals surface area contributed by atoms with Gasteiger partial charge in [-0.25, -0.2) is 8.78 Å². The van der Waals surface area contributed by atoms with Gasteiger partial charge in [-0.3, -0.25) is 9.59 Å². The van der Waals surface area contributed by atoms with Gasteiger partial charge in [-0.05, 0) is 195 Å². The molecule has 8 aliphatic rings. The fraction of sp³-hybridized carbons (Fsp3) is 0.961. The summed E-state index contributed by atoms with van der Waals surface area (Å²) in [6, 6.07) is 0. The molecular weight excluding hydrogens is 795 g/mol. The number of esters is 1. The number of halogens is 2. The van der Waals surface area contributed by atoms with Crippen molar-refractivity contribution in [3.63, 3.8) is 0 Å². The minimum absolute atomic E-state index is 0.0772. The van der Waals surface area contributed by atoms with Crippen molar-refractivity contribution in [3.05, 3.63) is 0 Å². The van der Waals surface area contributed by atoms with Crippen molar-refractivity contribution < 1.29 is 53.0 Å². The minimum atomic E-state index is -1.15. The number of alkyl halides is 2. The lowest BCUT2D eigenvalue weighted by Crippen LogP contribution is -2.60. The van der Waals surface area contributed by atoms with Gasteiger partial charge in [0.2, 0.25) is 0 Å². The number of hydrogen-bond acceptors (Lipinski definition) is 8. The highest BCUT2D eigenvalue weighted by atomic mass is 19.1. The van der Waals surface area contributed by atoms with Crippen molar-refractivity contribution in [1.29, 1.82) is 0 Å². The molecule has 8 rings (SSSR count). The lowest BCUT2D eigenvalue weighted by atomic mass is 9.43. The second-order valence-electron chi connectivity index (χ2n) is 23.6. The molecule has 9 nitrogen and oxygen atoms in total. The average Bonchev–Trinajstić information content (AvgIpc) is 3.77. The Hall–Kier alpha value is -1.40. The maximum atomic E-state index is 14.8. The van der Waals surface area contributed by atoms with Gasteiger partial charge in [0.25, 0.3) is 0 Å². The fourth-order valence-corrected chi connectivity index (χ4v) is 17.9. The number of aliphatic hydroxyl groups is 3. The first-order chi connectivity index (χ1) is 29.2. The van der Waals surface area contributed by atoms with E-state index in [-0.39, 0.29) is 64.9 Å². The highest BCUT2D eigenvalue weighted by molar-refractivity contribution is 5.69. The molecule has 8 fully saturated rings. The Morgan fingerprint density at radius 3 is 1.58 bits per heavy atom. The molecule has 62 heavy (non-hydrogen) atoms. The third-order valence-electron chi connectivity index (χ3n) is 21.1. The molecule has 0 saturated heterocycles. The van der Waals surface area contributed by atoms with Crippen LogP contribution in [0, 0.1) is 92.7 Å². The number of aliphatic hydroxyl groups excluding tert-OH is 3. The molecule has 4 N–H and O–H groups in total. The van der Waals surface area contributed by atoms with Crippen LogP contribution in [0.5, 0.6) is 0 Å². The SMILES string of the molecule is COCO[C@@H]1C[C@@H]2C[C@H](O)[C@@H](F)C[C@]2(C)C2CC[C@@]3(C)C(CC[C@@H]3[C@H](C)CCC(=O)OC)C21.C[C@H](CCC(=O)O)[C@H]1CCC2C3C(CC[C@@]21C)[C@@]1(C)C[C@H](F)[C@@H](O)C[C@H]1C[C@H]3O. The third-order valence-corrected chi connectivity index (χ3v) is 21.1. The van der Waals surface area contributed by atoms with Gasteiger partial charge in [-0.15, -0.1) is 0 Å². The number of carbonyl (C=O) groups excluding carboxylic acids is 1. The summed E-state index contributed by atoms with van der Waals surface area (Å²) in [6.45, 7) is 14.2. The van der Waals surface area contributed by atoms with E-state index in [1.165, 1.54) is 20.0 Å². The molecule has 0 amide bonds. The van der Waals surface area contributed by atoms with E-state index in [4.69, 9.17) is 19.3 Å². The molecule has 6 unspecified atom stereocenters. The van der Waals surface area contributed by atoms with Gasteiger partial charge in [0.1, 0.15) is 19.1 Å². The van der Waals surface area contributed by atoms with Crippen LogP contribution in [0.2, 0.25) is 0 Å². The molecule has 8 aliphatic carbocycles. The molecule has 11 heteroatoms. The number of carbonyl (C=O) groups is 2. The van der Waals surface area contributed by atoms with E-state index in [2.05, 4.69) is 41.5 Å². The minimum Gasteiger partial charge on any atom is -0.481 e. The maximum absolute atomic E-state index is 14.8. The Morgan fingerprint density at radius 1 is 0.629 bits per heavy atom. The van der Waals surface area contributed by atoms with Gasteiger partial charge in [-0.2, -0.15) is 0 Å². The van der Waals surface area contributed by atoms with Crippen LogP contribution in [0.3, 0.4) is 0 Å². The summed E-state index contributed by atoms with van der Waals surface area (Å²) in [5.74, 6) is 3.96. The first-order valence-corrected chi connectivity index (χ1v) is 24.9. The third kappa shape index (κ3) is 8.57. The molecule has 356 valence electrons. The molecule has 0 aromatic heterocycles. The zero-order chi connectivity index (χ0) is 45.1. The molecule has 8 saturated carbocycles. The molecule has 0 bridgehead atoms. The van der Waals surface area contributed by atoms with Gasteiger partial charge in [0, 0.05) is 20.0 Å². The predicted molar refractivity (Wildman–Crippen MR) is 233 cm³/mol. The predicted octanol–water partition coefficient (Wildman–Crippen LogP) is 9.57. The largest absolute Gasteiger partial charge is 0.481 e. The molecule has 0 spiro atoms. The Kier molecular flexibility index (Phi) is 14.6. The van der Waals surface area contributed by atoms with E-state index in [0.717, 1.165) is 57.8 Å². The van der Waals surface area contributed by atoms with E-state index in [1.54, 1.807) is 7.11 Å². The van der Waals surface area contributed by atoms with E-state index >= 15 is 0 Å². The number of fused-ring (bicyclic) bond motifs is 10. The zero-order valence-corrected chi connectivity index (χ0v) is 39.4. The fourth-order valence-electron chi connectivity index (χ4n) is 17.9. The number of rotatable bonds is 11. The van der Waals surface area contributed by atoms with Crippen molar-refractivity contribution in [2.24, 2.45) is 92.7 Å². The number of aliphatic carboxylic acids is 1. The normalized spacial score (nSPS) is 50.2. The number of methoxy groups -OCH3 is 2. The van der Waals surface area contributed by atoms with E-state index in [0.29, 0.717) is 97.7 Å². The van der Waals surface area contributed by atoms with Crippen molar-refractivity contribution >= 4 is 11.9 Å². The average molecular weight is 879 g/mol. The summed E-state index contributed by atoms with van der Waals surface area (Å²) >= 11 is 0. The molecule has 0 aliphatic heterocycles. The van der Waals surface area contributed by atoms with Crippen LogP contribution >= 0.6 is 0 Å². The van der Waals surface area contributed by atoms with Crippen LogP contribution in [0.15, 0.2) is 0 Å². The van der Waals surface area contributed by atoms with E-state index < -0.39 is 30.5 Å². The Balaban J connectivity index is 0.000000188. The van der Waals surface area contributed by atoms with Crippen molar-refractivity contribution in [2.75, 3.05) is 21.0 Å². The van der Waals surface area contributed by atoms with Gasteiger partial charge < -0.3 is 34.6 Å². The van der Waals surface area contributed by atoms with Gasteiger partial charge >= 0.3 is 11.9 Å². The second kappa shape index (κ2) is 18.7. The topological polar surface area (TPSA) is 143 Å². The summed E-state index contributed by atoms with van der Waals surface area (Å²) < 4.78 is 45.9. The first kappa shape index (κ1) is 48.5. The molecule has 0 aromatic rings. The van der Waals surface area contributed by atoms with Gasteiger partial charge in [0.15, 0.2) is 0 Å². The summed E-state index contributed by atoms with van der Waals surface area (Å²) in [5, 5.41) is 40.7. The lowest BCUT2D eigenvalue weighted by Gasteiger charge is -2.63. The molecular formula is C51H84F2O9. The number of hydrogen-bond donors (Lipinski definition) is 4. The molecule has 0 radical (unpaired) electrons. The molecule has 0 heterocycles. The summed E-state index contributed by atoms with van der Waals surface area (Å²) in [5.41, 5.74) is 0.160. The van der Waals surface area contributed by atoms with Crippen molar-refractivity contribution in [1.82, 2.24) is 0 Å². The zero-order valence-electron chi connectivity index (χ0n) is 39.4.